The summed E-state index contributed by atoms with van der Waals surface area (Å²) in [6.45, 7) is 0.168. The van der Waals surface area contributed by atoms with Gasteiger partial charge in [0.25, 0.3) is 0 Å². The second-order valence-electron chi connectivity index (χ2n) is 8.81. The molecule has 3 atom stereocenters. The van der Waals surface area contributed by atoms with Crippen LogP contribution in [0.5, 0.6) is 5.75 Å². The molecule has 1 N–H and O–H groups in total. The summed E-state index contributed by atoms with van der Waals surface area (Å²) in [6, 6.07) is 18.4. The number of rotatable bonds is 5. The summed E-state index contributed by atoms with van der Waals surface area (Å²) in [7, 11) is -0.540. The highest BCUT2D eigenvalue weighted by molar-refractivity contribution is 7.89. The Morgan fingerprint density at radius 2 is 1.82 bits per heavy atom. The lowest BCUT2D eigenvalue weighted by Crippen LogP contribution is -2.48. The minimum absolute atomic E-state index is 0.0949. The molecule has 5 rings (SSSR count). The van der Waals surface area contributed by atoms with Gasteiger partial charge in [0.1, 0.15) is 16.5 Å². The van der Waals surface area contributed by atoms with E-state index in [-0.39, 0.29) is 30.0 Å². The van der Waals surface area contributed by atoms with Crippen molar-refractivity contribution >= 4 is 15.7 Å². The van der Waals surface area contributed by atoms with Crippen LogP contribution in [0, 0.1) is 11.7 Å². The van der Waals surface area contributed by atoms with E-state index >= 15 is 0 Å². The number of hydrogen-bond donors (Lipinski definition) is 1. The van der Waals surface area contributed by atoms with E-state index in [1.807, 2.05) is 54.4 Å². The molecule has 6 nitrogen and oxygen atoms in total. The smallest absolute Gasteiger partial charge is 0.246 e. The van der Waals surface area contributed by atoms with Crippen molar-refractivity contribution in [2.45, 2.75) is 23.4 Å². The Morgan fingerprint density at radius 1 is 1.06 bits per heavy atom. The molecule has 0 unspecified atom stereocenters. The molecule has 0 saturated carbocycles. The van der Waals surface area contributed by atoms with Crippen molar-refractivity contribution in [1.29, 1.82) is 0 Å². The zero-order valence-corrected chi connectivity index (χ0v) is 19.9. The lowest BCUT2D eigenvalue weighted by molar-refractivity contribution is 0.193. The lowest BCUT2D eigenvalue weighted by Gasteiger charge is -2.44. The number of likely N-dealkylation sites (N-methyl/N-ethyl adjacent to an activating group) is 1. The second-order valence-corrected chi connectivity index (χ2v) is 10.7. The second kappa shape index (κ2) is 8.69. The number of ether oxygens (including phenoxy) is 1. The van der Waals surface area contributed by atoms with Crippen molar-refractivity contribution in [3.05, 3.63) is 78.1 Å². The van der Waals surface area contributed by atoms with E-state index in [0.29, 0.717) is 6.42 Å². The summed E-state index contributed by atoms with van der Waals surface area (Å²) < 4.78 is 48.6. The van der Waals surface area contributed by atoms with Crippen LogP contribution in [0.1, 0.15) is 18.0 Å². The molecule has 0 bridgehead atoms. The van der Waals surface area contributed by atoms with Gasteiger partial charge in [0.2, 0.25) is 10.0 Å². The third-order valence-electron chi connectivity index (χ3n) is 7.13. The van der Waals surface area contributed by atoms with Crippen molar-refractivity contribution in [3.8, 4) is 16.9 Å². The van der Waals surface area contributed by atoms with Crippen LogP contribution in [0.25, 0.3) is 11.1 Å². The zero-order valence-electron chi connectivity index (χ0n) is 19.1. The summed E-state index contributed by atoms with van der Waals surface area (Å²) in [5.41, 5.74) is 3.60. The number of halogens is 1. The van der Waals surface area contributed by atoms with Crippen LogP contribution in [-0.4, -0.2) is 51.2 Å². The number of sulfonamides is 1. The molecular weight excluding hydrogens is 455 g/mol. The summed E-state index contributed by atoms with van der Waals surface area (Å²) in [5, 5.41) is 10.2. The topological polar surface area (TPSA) is 70.1 Å². The fraction of sp³-hybridized carbons (Fsp3) is 0.308. The number of methoxy groups -OCH3 is 1. The monoisotopic (exact) mass is 482 g/mol. The van der Waals surface area contributed by atoms with Gasteiger partial charge in [-0.3, -0.25) is 0 Å². The molecule has 0 aromatic heterocycles. The summed E-state index contributed by atoms with van der Waals surface area (Å²) in [6.07, 6.45) is 0.580. The third kappa shape index (κ3) is 3.57. The summed E-state index contributed by atoms with van der Waals surface area (Å²) in [4.78, 5) is 1.71. The Bertz CT molecular complexity index is 1330. The SMILES string of the molecule is COc1cccc(-c2ccc3c(c2)[C@H]2[C@H](CCN2S(=O)(=O)c2ccccc2F)[C@H](CO)N3C)c1. The molecule has 2 aliphatic heterocycles. The van der Waals surface area contributed by atoms with E-state index in [1.54, 1.807) is 7.11 Å². The third-order valence-corrected chi connectivity index (χ3v) is 9.04. The highest BCUT2D eigenvalue weighted by Crippen LogP contribution is 2.51. The Labute approximate surface area is 199 Å². The van der Waals surface area contributed by atoms with Crippen molar-refractivity contribution in [2.75, 3.05) is 32.2 Å². The number of aliphatic hydroxyl groups is 1. The molecule has 0 spiro atoms. The first-order valence-corrected chi connectivity index (χ1v) is 12.7. The van der Waals surface area contributed by atoms with Crippen LogP contribution < -0.4 is 9.64 Å². The summed E-state index contributed by atoms with van der Waals surface area (Å²) in [5.74, 6) is -0.150. The molecule has 0 aliphatic carbocycles. The molecular formula is C26H27FN2O4S. The van der Waals surface area contributed by atoms with Crippen LogP contribution in [-0.2, 0) is 10.0 Å². The van der Waals surface area contributed by atoms with Gasteiger partial charge in [0.05, 0.1) is 25.8 Å². The maximum Gasteiger partial charge on any atom is 0.246 e. The van der Waals surface area contributed by atoms with E-state index in [4.69, 9.17) is 4.74 Å². The van der Waals surface area contributed by atoms with Gasteiger partial charge in [0, 0.05) is 25.2 Å². The van der Waals surface area contributed by atoms with Crippen LogP contribution in [0.15, 0.2) is 71.6 Å². The molecule has 178 valence electrons. The number of hydrogen-bond acceptors (Lipinski definition) is 5. The first-order valence-electron chi connectivity index (χ1n) is 11.2. The average Bonchev–Trinajstić information content (AvgIpc) is 3.30. The van der Waals surface area contributed by atoms with E-state index in [0.717, 1.165) is 28.1 Å². The molecule has 0 radical (unpaired) electrons. The van der Waals surface area contributed by atoms with E-state index in [9.17, 15) is 17.9 Å². The minimum Gasteiger partial charge on any atom is -0.497 e. The Balaban J connectivity index is 1.65. The standard InChI is InChI=1S/C26H27FN2O4S/c1-28-23-11-10-18(17-6-5-7-19(14-17)33-2)15-21(23)26-20(24(28)16-30)12-13-29(26)34(31,32)25-9-4-3-8-22(25)27/h3-11,14-15,20,24,26,30H,12-13,16H2,1-2H3/t20-,24+,26-/m1/s1. The van der Waals surface area contributed by atoms with Gasteiger partial charge in [-0.1, -0.05) is 30.3 Å². The number of nitrogens with zero attached hydrogens (tertiary/aromatic N) is 2. The molecule has 2 aliphatic rings. The first-order chi connectivity index (χ1) is 16.4. The average molecular weight is 483 g/mol. The Kier molecular flexibility index (Phi) is 5.83. The van der Waals surface area contributed by atoms with Gasteiger partial charge in [-0.15, -0.1) is 0 Å². The van der Waals surface area contributed by atoms with Gasteiger partial charge in [-0.2, -0.15) is 4.31 Å². The van der Waals surface area contributed by atoms with Crippen LogP contribution in [0.3, 0.4) is 0 Å². The molecule has 2 heterocycles. The van der Waals surface area contributed by atoms with Crippen LogP contribution in [0.4, 0.5) is 10.1 Å². The highest BCUT2D eigenvalue weighted by Gasteiger charge is 2.50. The first kappa shape index (κ1) is 22.8. The van der Waals surface area contributed by atoms with Crippen molar-refractivity contribution in [3.63, 3.8) is 0 Å². The van der Waals surface area contributed by atoms with E-state index in [1.165, 1.54) is 28.6 Å². The highest BCUT2D eigenvalue weighted by atomic mass is 32.2. The fourth-order valence-corrected chi connectivity index (χ4v) is 7.18. The van der Waals surface area contributed by atoms with Gasteiger partial charge in [-0.25, -0.2) is 12.8 Å². The number of fused-ring (bicyclic) bond motifs is 3. The number of benzene rings is 3. The normalized spacial score (nSPS) is 22.4. The summed E-state index contributed by atoms with van der Waals surface area (Å²) >= 11 is 0. The molecule has 0 amide bonds. The molecule has 1 fully saturated rings. The van der Waals surface area contributed by atoms with Gasteiger partial charge < -0.3 is 14.7 Å². The van der Waals surface area contributed by atoms with Crippen LogP contribution in [0.2, 0.25) is 0 Å². The predicted octanol–water partition coefficient (Wildman–Crippen LogP) is 4.06. The van der Waals surface area contributed by atoms with E-state index in [2.05, 4.69) is 0 Å². The lowest BCUT2D eigenvalue weighted by atomic mass is 9.81. The number of anilines is 1. The van der Waals surface area contributed by atoms with Crippen LogP contribution >= 0.6 is 0 Å². The van der Waals surface area contributed by atoms with Crippen molar-refractivity contribution < 1.29 is 22.7 Å². The maximum atomic E-state index is 14.6. The Morgan fingerprint density at radius 3 is 2.56 bits per heavy atom. The van der Waals surface area contributed by atoms with Gasteiger partial charge >= 0.3 is 0 Å². The van der Waals surface area contributed by atoms with Gasteiger partial charge in [-0.05, 0) is 59.5 Å². The minimum atomic E-state index is -4.08. The maximum absolute atomic E-state index is 14.6. The predicted molar refractivity (Wildman–Crippen MR) is 129 cm³/mol. The molecule has 3 aromatic carbocycles. The molecule has 1 saturated heterocycles. The molecule has 34 heavy (non-hydrogen) atoms. The largest absolute Gasteiger partial charge is 0.497 e. The van der Waals surface area contributed by atoms with Crippen molar-refractivity contribution in [2.24, 2.45) is 5.92 Å². The molecule has 8 heteroatoms. The van der Waals surface area contributed by atoms with E-state index < -0.39 is 21.9 Å². The van der Waals surface area contributed by atoms with Gasteiger partial charge in [0.15, 0.2) is 0 Å². The zero-order chi connectivity index (χ0) is 24.0. The fourth-order valence-electron chi connectivity index (χ4n) is 5.44. The quantitative estimate of drug-likeness (QED) is 0.594. The Hall–Kier alpha value is -2.94. The molecule has 3 aromatic rings. The number of aliphatic hydroxyl groups excluding tert-OH is 1. The van der Waals surface area contributed by atoms with Crippen molar-refractivity contribution in [1.82, 2.24) is 4.31 Å².